The molecule has 1 heterocycles. The minimum absolute atomic E-state index is 0. The van der Waals surface area contributed by atoms with Crippen molar-refractivity contribution in [3.63, 3.8) is 0 Å². The van der Waals surface area contributed by atoms with Crippen LogP contribution >= 0.6 is 7.26 Å². The molecular weight excluding hydrogens is 498 g/mol. The fourth-order valence-corrected chi connectivity index (χ4v) is 10.7. The molecule has 0 amide bonds. The molecule has 0 aromatic heterocycles. The van der Waals surface area contributed by atoms with Gasteiger partial charge in [-0.1, -0.05) is 80.6 Å². The predicted octanol–water partition coefficient (Wildman–Crippen LogP) is 2.68. The van der Waals surface area contributed by atoms with Gasteiger partial charge in [0.15, 0.2) is 0 Å². The van der Waals surface area contributed by atoms with Crippen LogP contribution in [0.1, 0.15) is 33.3 Å². The molecule has 158 valence electrons. The molecule has 0 unspecified atom stereocenters. The highest BCUT2D eigenvalue weighted by atomic mass is 127. The highest BCUT2D eigenvalue weighted by Gasteiger charge is 2.57. The van der Waals surface area contributed by atoms with Crippen LogP contribution in [-0.4, -0.2) is 23.0 Å². The van der Waals surface area contributed by atoms with E-state index < -0.39 is 7.26 Å². The smallest absolute Gasteiger partial charge is 0.107 e. The molecule has 0 saturated heterocycles. The van der Waals surface area contributed by atoms with E-state index in [-0.39, 0.29) is 41.2 Å². The van der Waals surface area contributed by atoms with Crippen molar-refractivity contribution in [1.29, 1.82) is 0 Å². The Hall–Kier alpha value is -1.22. The third-order valence-electron chi connectivity index (χ3n) is 6.91. The molecule has 30 heavy (non-hydrogen) atoms. The van der Waals surface area contributed by atoms with Gasteiger partial charge in [-0.2, -0.15) is 0 Å². The van der Waals surface area contributed by atoms with Crippen molar-refractivity contribution in [2.45, 2.75) is 45.9 Å². The standard InChI is InChI=1S/C27H32OP.HI/c1-5-29(20(2)26(28)27(3,4)19-21-13-7-6-8-14-21)24-17-11-9-15-22(24)23-16-10-12-18-25(23)29;/h6-18,20,26,28H,5,19H2,1-4H3;1H/q+1;/p-1/t20-,26+;/m1./s1. The minimum Gasteiger partial charge on any atom is -1.00 e. The number of aliphatic hydroxyl groups excluding tert-OH is 1. The van der Waals surface area contributed by atoms with Crippen molar-refractivity contribution in [3.05, 3.63) is 84.4 Å². The third kappa shape index (κ3) is 3.76. The van der Waals surface area contributed by atoms with E-state index in [0.29, 0.717) is 0 Å². The van der Waals surface area contributed by atoms with Gasteiger partial charge in [-0.3, -0.25) is 0 Å². The van der Waals surface area contributed by atoms with Crippen molar-refractivity contribution < 1.29 is 29.1 Å². The summed E-state index contributed by atoms with van der Waals surface area (Å²) in [5, 5.41) is 14.7. The van der Waals surface area contributed by atoms with Crippen LogP contribution in [0.5, 0.6) is 0 Å². The molecule has 2 atom stereocenters. The number of fused-ring (bicyclic) bond motifs is 3. The average molecular weight is 530 g/mol. The molecule has 0 bridgehead atoms. The number of hydrogen-bond acceptors (Lipinski definition) is 1. The molecule has 0 fully saturated rings. The van der Waals surface area contributed by atoms with Crippen LogP contribution in [0.4, 0.5) is 0 Å². The molecule has 3 heteroatoms. The van der Waals surface area contributed by atoms with E-state index in [1.807, 2.05) is 0 Å². The second kappa shape index (κ2) is 9.10. The summed E-state index contributed by atoms with van der Waals surface area (Å²) in [6.45, 7) is 9.07. The predicted molar refractivity (Wildman–Crippen MR) is 128 cm³/mol. The number of rotatable bonds is 6. The van der Waals surface area contributed by atoms with Gasteiger partial charge in [0.25, 0.3) is 0 Å². The van der Waals surface area contributed by atoms with Gasteiger partial charge in [-0.15, -0.1) is 0 Å². The van der Waals surface area contributed by atoms with E-state index in [1.54, 1.807) is 0 Å². The van der Waals surface area contributed by atoms with E-state index in [4.69, 9.17) is 0 Å². The lowest BCUT2D eigenvalue weighted by molar-refractivity contribution is -0.00000735. The van der Waals surface area contributed by atoms with Crippen LogP contribution < -0.4 is 34.6 Å². The normalized spacial score (nSPS) is 16.2. The minimum atomic E-state index is -1.71. The molecule has 1 nitrogen and oxygen atoms in total. The molecule has 1 aliphatic heterocycles. The molecule has 3 aromatic rings. The summed E-state index contributed by atoms with van der Waals surface area (Å²) in [5.74, 6) is 0. The van der Waals surface area contributed by atoms with E-state index in [1.165, 1.54) is 27.3 Å². The Bertz CT molecular complexity index is 953. The van der Waals surface area contributed by atoms with E-state index in [0.717, 1.165) is 12.6 Å². The largest absolute Gasteiger partial charge is 1.00 e. The second-order valence-electron chi connectivity index (χ2n) is 9.06. The third-order valence-corrected chi connectivity index (χ3v) is 12.1. The van der Waals surface area contributed by atoms with Gasteiger partial charge in [0.05, 0.1) is 19.5 Å². The van der Waals surface area contributed by atoms with Crippen molar-refractivity contribution in [2.75, 3.05) is 6.16 Å². The Balaban J connectivity index is 0.00000256. The van der Waals surface area contributed by atoms with E-state index >= 15 is 0 Å². The van der Waals surface area contributed by atoms with Crippen molar-refractivity contribution in [2.24, 2.45) is 5.41 Å². The van der Waals surface area contributed by atoms with Gasteiger partial charge in [0, 0.05) is 11.1 Å². The van der Waals surface area contributed by atoms with Gasteiger partial charge in [-0.05, 0) is 43.4 Å². The summed E-state index contributed by atoms with van der Waals surface area (Å²) in [7, 11) is -1.71. The molecular formula is C27H32IOP. The molecule has 0 radical (unpaired) electrons. The average Bonchev–Trinajstić information content (AvgIpc) is 3.04. The van der Waals surface area contributed by atoms with Crippen LogP contribution in [0.2, 0.25) is 0 Å². The first kappa shape index (κ1) is 23.4. The van der Waals surface area contributed by atoms with E-state index in [2.05, 4.69) is 107 Å². The van der Waals surface area contributed by atoms with Gasteiger partial charge in [0.2, 0.25) is 0 Å². The summed E-state index contributed by atoms with van der Waals surface area (Å²) in [5.41, 5.74) is 4.04. The van der Waals surface area contributed by atoms with Crippen LogP contribution in [0.25, 0.3) is 11.1 Å². The molecule has 0 saturated carbocycles. The maximum Gasteiger partial charge on any atom is 0.107 e. The topological polar surface area (TPSA) is 20.2 Å². The van der Waals surface area contributed by atoms with Crippen molar-refractivity contribution in [1.82, 2.24) is 0 Å². The van der Waals surface area contributed by atoms with Gasteiger partial charge in [0.1, 0.15) is 16.3 Å². The Morgan fingerprint density at radius 2 is 1.27 bits per heavy atom. The Morgan fingerprint density at radius 1 is 0.800 bits per heavy atom. The lowest BCUT2D eigenvalue weighted by atomic mass is 9.79. The molecule has 4 rings (SSSR count). The second-order valence-corrected chi connectivity index (χ2v) is 13.2. The first-order chi connectivity index (χ1) is 13.9. The fourth-order valence-electron chi connectivity index (χ4n) is 5.42. The fraction of sp³-hybridized carbons (Fsp3) is 0.333. The van der Waals surface area contributed by atoms with Gasteiger partial charge < -0.3 is 29.1 Å². The summed E-state index contributed by atoms with van der Waals surface area (Å²) in [4.78, 5) is 0. The zero-order chi connectivity index (χ0) is 20.6. The van der Waals surface area contributed by atoms with Gasteiger partial charge in [-0.25, -0.2) is 0 Å². The van der Waals surface area contributed by atoms with Gasteiger partial charge >= 0.3 is 0 Å². The molecule has 1 N–H and O–H groups in total. The number of hydrogen-bond donors (Lipinski definition) is 1. The van der Waals surface area contributed by atoms with E-state index in [9.17, 15) is 5.11 Å². The Labute approximate surface area is 199 Å². The first-order valence-electron chi connectivity index (χ1n) is 10.7. The SMILES string of the molecule is CC[P+]1([C@H](C)[C@H](O)C(C)(C)Cc2ccccc2)c2ccccc2-c2ccccc21.[I-]. The van der Waals surface area contributed by atoms with Crippen molar-refractivity contribution in [3.8, 4) is 11.1 Å². The number of aliphatic hydroxyl groups is 1. The Kier molecular flexibility index (Phi) is 7.11. The molecule has 1 aliphatic rings. The van der Waals surface area contributed by atoms with Crippen LogP contribution in [0.3, 0.4) is 0 Å². The van der Waals surface area contributed by atoms with Crippen LogP contribution in [0.15, 0.2) is 78.9 Å². The summed E-state index contributed by atoms with van der Waals surface area (Å²) in [6.07, 6.45) is 1.59. The number of benzene rings is 3. The zero-order valence-corrected chi connectivity index (χ0v) is 21.4. The number of halogens is 1. The molecule has 3 aromatic carbocycles. The molecule has 0 spiro atoms. The summed E-state index contributed by atoms with van der Waals surface area (Å²) < 4.78 is 0. The maximum absolute atomic E-state index is 11.7. The summed E-state index contributed by atoms with van der Waals surface area (Å²) >= 11 is 0. The van der Waals surface area contributed by atoms with Crippen molar-refractivity contribution >= 4 is 17.9 Å². The summed E-state index contributed by atoms with van der Waals surface area (Å²) in [6, 6.07) is 28.4. The highest BCUT2D eigenvalue weighted by molar-refractivity contribution is 7.91. The lowest BCUT2D eigenvalue weighted by Gasteiger charge is -2.39. The quantitative estimate of drug-likeness (QED) is 0.384. The molecule has 0 aliphatic carbocycles. The maximum atomic E-state index is 11.7. The lowest BCUT2D eigenvalue weighted by Crippen LogP contribution is -3.00. The monoisotopic (exact) mass is 530 g/mol. The Morgan fingerprint density at radius 3 is 1.77 bits per heavy atom. The van der Waals surface area contributed by atoms with Crippen LogP contribution in [0, 0.1) is 5.41 Å². The van der Waals surface area contributed by atoms with Crippen LogP contribution in [-0.2, 0) is 6.42 Å². The highest BCUT2D eigenvalue weighted by Crippen LogP contribution is 2.67. The zero-order valence-electron chi connectivity index (χ0n) is 18.3. The first-order valence-corrected chi connectivity index (χ1v) is 12.8.